The van der Waals surface area contributed by atoms with Crippen LogP contribution in [-0.2, 0) is 14.3 Å². The van der Waals surface area contributed by atoms with E-state index in [-0.39, 0.29) is 12.5 Å². The van der Waals surface area contributed by atoms with E-state index in [1.165, 1.54) is 23.2 Å². The van der Waals surface area contributed by atoms with Crippen LogP contribution in [0.2, 0.25) is 0 Å². The molecule has 1 N–H and O–H groups in total. The Balaban J connectivity index is 1.77. The minimum Gasteiger partial charge on any atom is -0.448 e. The summed E-state index contributed by atoms with van der Waals surface area (Å²) < 4.78 is 5.21. The standard InChI is InChI=1S/C16H14N2O4S/c1-10(22-16(21)13-7-4-8-23-13)15(20)18-9-14(19)17-11-5-2-3-6-12(11)18/h2-8,10H,9H2,1H3,(H,17,19)/t10-/m0/s1. The molecule has 7 heteroatoms. The molecule has 23 heavy (non-hydrogen) atoms. The zero-order chi connectivity index (χ0) is 16.4. The van der Waals surface area contributed by atoms with Gasteiger partial charge in [-0.3, -0.25) is 14.5 Å². The van der Waals surface area contributed by atoms with E-state index in [2.05, 4.69) is 5.32 Å². The van der Waals surface area contributed by atoms with Gasteiger partial charge in [0.2, 0.25) is 5.91 Å². The molecule has 2 amide bonds. The van der Waals surface area contributed by atoms with Crippen molar-refractivity contribution in [3.05, 3.63) is 46.7 Å². The fraction of sp³-hybridized carbons (Fsp3) is 0.188. The Labute approximate surface area is 136 Å². The van der Waals surface area contributed by atoms with E-state index in [1.807, 2.05) is 0 Å². The molecule has 0 bridgehead atoms. The summed E-state index contributed by atoms with van der Waals surface area (Å²) in [5, 5.41) is 4.47. The van der Waals surface area contributed by atoms with Gasteiger partial charge in [-0.2, -0.15) is 0 Å². The molecule has 118 valence electrons. The molecular formula is C16H14N2O4S. The first kappa shape index (κ1) is 15.2. The first-order valence-corrected chi connectivity index (χ1v) is 7.89. The van der Waals surface area contributed by atoms with Crippen molar-refractivity contribution in [2.24, 2.45) is 0 Å². The number of nitrogens with zero attached hydrogens (tertiary/aromatic N) is 1. The maximum atomic E-state index is 12.6. The van der Waals surface area contributed by atoms with Crippen molar-refractivity contribution in [1.29, 1.82) is 0 Å². The van der Waals surface area contributed by atoms with Crippen LogP contribution < -0.4 is 10.2 Å². The lowest BCUT2D eigenvalue weighted by Crippen LogP contribution is -2.47. The molecule has 0 spiro atoms. The number of ether oxygens (including phenoxy) is 1. The Morgan fingerprint density at radius 1 is 1.26 bits per heavy atom. The fourth-order valence-corrected chi connectivity index (χ4v) is 2.92. The largest absolute Gasteiger partial charge is 0.448 e. The van der Waals surface area contributed by atoms with Gasteiger partial charge in [-0.25, -0.2) is 4.79 Å². The maximum Gasteiger partial charge on any atom is 0.349 e. The monoisotopic (exact) mass is 330 g/mol. The Morgan fingerprint density at radius 2 is 2.04 bits per heavy atom. The third-order valence-electron chi connectivity index (χ3n) is 3.39. The van der Waals surface area contributed by atoms with Crippen molar-refractivity contribution in [1.82, 2.24) is 0 Å². The Bertz CT molecular complexity index is 757. The summed E-state index contributed by atoms with van der Waals surface area (Å²) in [5.41, 5.74) is 1.16. The van der Waals surface area contributed by atoms with Gasteiger partial charge in [-0.1, -0.05) is 18.2 Å². The predicted octanol–water partition coefficient (Wildman–Crippen LogP) is 2.28. The second-order valence-corrected chi connectivity index (χ2v) is 5.96. The summed E-state index contributed by atoms with van der Waals surface area (Å²) in [6.45, 7) is 1.40. The molecule has 1 aliphatic heterocycles. The fourth-order valence-electron chi connectivity index (χ4n) is 2.31. The lowest BCUT2D eigenvalue weighted by Gasteiger charge is -2.30. The molecule has 0 unspecified atom stereocenters. The second kappa shape index (κ2) is 6.21. The van der Waals surface area contributed by atoms with Crippen molar-refractivity contribution in [3.8, 4) is 0 Å². The van der Waals surface area contributed by atoms with Crippen LogP contribution in [-0.4, -0.2) is 30.4 Å². The minimum absolute atomic E-state index is 0.100. The summed E-state index contributed by atoms with van der Waals surface area (Å²) in [5.74, 6) is -1.26. The molecule has 6 nitrogen and oxygen atoms in total. The summed E-state index contributed by atoms with van der Waals surface area (Å²) >= 11 is 1.25. The number of benzene rings is 1. The van der Waals surface area contributed by atoms with Gasteiger partial charge in [0.05, 0.1) is 11.4 Å². The zero-order valence-electron chi connectivity index (χ0n) is 12.3. The van der Waals surface area contributed by atoms with Crippen molar-refractivity contribution in [3.63, 3.8) is 0 Å². The molecule has 1 aromatic carbocycles. The molecule has 0 aliphatic carbocycles. The molecule has 1 aliphatic rings. The molecule has 2 aromatic rings. The molecule has 0 fully saturated rings. The van der Waals surface area contributed by atoms with Crippen LogP contribution in [0.4, 0.5) is 11.4 Å². The number of fused-ring (bicyclic) bond motifs is 1. The lowest BCUT2D eigenvalue weighted by molar-refractivity contribution is -0.128. The Kier molecular flexibility index (Phi) is 4.12. The molecule has 0 saturated heterocycles. The van der Waals surface area contributed by atoms with Crippen molar-refractivity contribution >= 4 is 40.5 Å². The second-order valence-electron chi connectivity index (χ2n) is 5.01. The number of anilines is 2. The number of carbonyl (C=O) groups is 3. The highest BCUT2D eigenvalue weighted by Crippen LogP contribution is 2.29. The van der Waals surface area contributed by atoms with Gasteiger partial charge in [0.15, 0.2) is 6.10 Å². The van der Waals surface area contributed by atoms with Crippen LogP contribution in [0.1, 0.15) is 16.6 Å². The average Bonchev–Trinajstić information content (AvgIpc) is 3.07. The Morgan fingerprint density at radius 3 is 2.78 bits per heavy atom. The number of esters is 1. The summed E-state index contributed by atoms with van der Waals surface area (Å²) in [6.07, 6.45) is -0.983. The quantitative estimate of drug-likeness (QED) is 0.876. The van der Waals surface area contributed by atoms with Gasteiger partial charge in [0.25, 0.3) is 5.91 Å². The Hall–Kier alpha value is -2.67. The molecule has 0 radical (unpaired) electrons. The lowest BCUT2D eigenvalue weighted by atomic mass is 10.1. The first-order valence-electron chi connectivity index (χ1n) is 7.01. The van der Waals surface area contributed by atoms with E-state index in [4.69, 9.17) is 4.74 Å². The van der Waals surface area contributed by atoms with E-state index < -0.39 is 18.0 Å². The molecule has 3 rings (SSSR count). The van der Waals surface area contributed by atoms with Gasteiger partial charge in [0.1, 0.15) is 11.4 Å². The van der Waals surface area contributed by atoms with Crippen LogP contribution >= 0.6 is 11.3 Å². The van der Waals surface area contributed by atoms with Crippen LogP contribution in [0.3, 0.4) is 0 Å². The van der Waals surface area contributed by atoms with Crippen molar-refractivity contribution in [2.75, 3.05) is 16.8 Å². The van der Waals surface area contributed by atoms with Crippen LogP contribution in [0, 0.1) is 0 Å². The van der Waals surface area contributed by atoms with Crippen molar-refractivity contribution < 1.29 is 19.1 Å². The number of hydrogen-bond donors (Lipinski definition) is 1. The molecule has 1 aromatic heterocycles. The van der Waals surface area contributed by atoms with Gasteiger partial charge >= 0.3 is 5.97 Å². The summed E-state index contributed by atoms with van der Waals surface area (Å²) in [7, 11) is 0. The molecule has 1 atom stereocenters. The average molecular weight is 330 g/mol. The van der Waals surface area contributed by atoms with Gasteiger partial charge in [0, 0.05) is 0 Å². The number of carbonyl (C=O) groups excluding carboxylic acids is 3. The number of thiophene rings is 1. The van der Waals surface area contributed by atoms with E-state index >= 15 is 0 Å². The third kappa shape index (κ3) is 3.09. The zero-order valence-corrected chi connectivity index (χ0v) is 13.1. The van der Waals surface area contributed by atoms with Gasteiger partial charge in [-0.05, 0) is 30.5 Å². The number of nitrogens with one attached hydrogen (secondary N) is 1. The first-order chi connectivity index (χ1) is 11.1. The number of para-hydroxylation sites is 2. The molecular weight excluding hydrogens is 316 g/mol. The highest BCUT2D eigenvalue weighted by Gasteiger charge is 2.31. The smallest absolute Gasteiger partial charge is 0.349 e. The highest BCUT2D eigenvalue weighted by atomic mass is 32.1. The molecule has 2 heterocycles. The van der Waals surface area contributed by atoms with Gasteiger partial charge < -0.3 is 10.1 Å². The van der Waals surface area contributed by atoms with Gasteiger partial charge in [-0.15, -0.1) is 11.3 Å². The van der Waals surface area contributed by atoms with E-state index in [0.717, 1.165) is 0 Å². The minimum atomic E-state index is -0.983. The van der Waals surface area contributed by atoms with E-state index in [9.17, 15) is 14.4 Å². The van der Waals surface area contributed by atoms with Crippen molar-refractivity contribution in [2.45, 2.75) is 13.0 Å². The number of hydrogen-bond acceptors (Lipinski definition) is 5. The number of amides is 2. The molecule has 0 saturated carbocycles. The van der Waals surface area contributed by atoms with Crippen LogP contribution in [0.25, 0.3) is 0 Å². The SMILES string of the molecule is C[C@H](OC(=O)c1cccs1)C(=O)N1CC(=O)Nc2ccccc21. The summed E-state index contributed by atoms with van der Waals surface area (Å²) in [6, 6.07) is 10.4. The van der Waals surface area contributed by atoms with Crippen LogP contribution in [0.15, 0.2) is 41.8 Å². The maximum absolute atomic E-state index is 12.6. The third-order valence-corrected chi connectivity index (χ3v) is 4.24. The normalized spacial score (nSPS) is 14.7. The van der Waals surface area contributed by atoms with E-state index in [1.54, 1.807) is 41.8 Å². The van der Waals surface area contributed by atoms with E-state index in [0.29, 0.717) is 16.3 Å². The highest BCUT2D eigenvalue weighted by molar-refractivity contribution is 7.11. The summed E-state index contributed by atoms with van der Waals surface area (Å²) in [4.78, 5) is 38.1. The predicted molar refractivity (Wildman–Crippen MR) is 86.6 cm³/mol. The van der Waals surface area contributed by atoms with Crippen LogP contribution in [0.5, 0.6) is 0 Å². The number of rotatable bonds is 3. The topological polar surface area (TPSA) is 75.7 Å².